The summed E-state index contributed by atoms with van der Waals surface area (Å²) in [5, 5.41) is 6.68. The zero-order valence-electron chi connectivity index (χ0n) is 29.4. The number of hydrogen-bond donors (Lipinski definition) is 0. The first kappa shape index (κ1) is 31.4. The number of furan rings is 1. The molecule has 0 unspecified atom stereocenters. The van der Waals surface area contributed by atoms with E-state index in [1.807, 2.05) is 72.0 Å². The highest BCUT2D eigenvalue weighted by Gasteiger charge is 2.23. The van der Waals surface area contributed by atoms with Gasteiger partial charge < -0.3 is 9.32 Å². The first-order valence-corrected chi connectivity index (χ1v) is 19.1. The molecule has 0 amide bonds. The average Bonchev–Trinajstić information content (AvgIpc) is 3.83. The fourth-order valence-corrected chi connectivity index (χ4v) is 8.87. The molecule has 0 saturated carbocycles. The molecule has 55 heavy (non-hydrogen) atoms. The quantitative estimate of drug-likeness (QED) is 0.171. The Kier molecular flexibility index (Phi) is 7.28. The van der Waals surface area contributed by atoms with E-state index in [0.29, 0.717) is 17.5 Å². The van der Waals surface area contributed by atoms with Crippen LogP contribution in [0.15, 0.2) is 186 Å². The highest BCUT2D eigenvalue weighted by Crippen LogP contribution is 2.46. The number of aromatic nitrogens is 3. The average molecular weight is 723 g/mol. The number of rotatable bonds is 6. The Bertz CT molecular complexity index is 3150. The van der Waals surface area contributed by atoms with E-state index in [1.165, 1.54) is 20.2 Å². The molecule has 3 aromatic heterocycles. The van der Waals surface area contributed by atoms with Crippen LogP contribution in [0.3, 0.4) is 0 Å². The van der Waals surface area contributed by atoms with Crippen molar-refractivity contribution in [3.63, 3.8) is 0 Å². The summed E-state index contributed by atoms with van der Waals surface area (Å²) in [6.45, 7) is 0. The van der Waals surface area contributed by atoms with Crippen LogP contribution in [0.1, 0.15) is 0 Å². The normalized spacial score (nSPS) is 11.6. The van der Waals surface area contributed by atoms with Gasteiger partial charge in [-0.3, -0.25) is 0 Å². The van der Waals surface area contributed by atoms with Gasteiger partial charge in [0.1, 0.15) is 11.2 Å². The SMILES string of the molecule is c1ccc(-c2nc(-c3ccccc3)nc(-c3cc(N(c4ccccc4)c4ccc5c(c4)sc4ccccc45)cc4oc5c6ccccc6ccc5c34)n2)cc1. The Hall–Kier alpha value is -7.15. The smallest absolute Gasteiger partial charge is 0.164 e. The zero-order chi connectivity index (χ0) is 36.3. The molecule has 11 rings (SSSR count). The fraction of sp³-hybridized carbons (Fsp3) is 0. The lowest BCUT2D eigenvalue weighted by Crippen LogP contribution is -2.10. The Labute approximate surface area is 320 Å². The molecule has 5 nitrogen and oxygen atoms in total. The fourth-order valence-electron chi connectivity index (χ4n) is 7.73. The highest BCUT2D eigenvalue weighted by molar-refractivity contribution is 7.25. The van der Waals surface area contributed by atoms with Gasteiger partial charge in [0.15, 0.2) is 17.5 Å². The third-order valence-electron chi connectivity index (χ3n) is 10.3. The van der Waals surface area contributed by atoms with Gasteiger partial charge in [0.05, 0.1) is 5.69 Å². The van der Waals surface area contributed by atoms with Gasteiger partial charge in [-0.05, 0) is 47.9 Å². The molecule has 8 aromatic carbocycles. The third kappa shape index (κ3) is 5.34. The lowest BCUT2D eigenvalue weighted by molar-refractivity contribution is 0.673. The predicted molar refractivity (Wildman–Crippen MR) is 228 cm³/mol. The predicted octanol–water partition coefficient (Wildman–Crippen LogP) is 13.8. The maximum Gasteiger partial charge on any atom is 0.164 e. The van der Waals surface area contributed by atoms with Gasteiger partial charge in [-0.25, -0.2) is 15.0 Å². The van der Waals surface area contributed by atoms with Gasteiger partial charge in [-0.1, -0.05) is 133 Å². The number of para-hydroxylation sites is 1. The minimum Gasteiger partial charge on any atom is -0.455 e. The maximum absolute atomic E-state index is 6.93. The van der Waals surface area contributed by atoms with E-state index < -0.39 is 0 Å². The summed E-state index contributed by atoms with van der Waals surface area (Å²) in [5.74, 6) is 1.79. The molecule has 11 aromatic rings. The third-order valence-corrected chi connectivity index (χ3v) is 11.4. The van der Waals surface area contributed by atoms with Crippen LogP contribution >= 0.6 is 11.3 Å². The van der Waals surface area contributed by atoms with Gasteiger partial charge in [0.25, 0.3) is 0 Å². The number of thiophene rings is 1. The summed E-state index contributed by atoms with van der Waals surface area (Å²) in [4.78, 5) is 17.8. The van der Waals surface area contributed by atoms with E-state index in [2.05, 4.69) is 126 Å². The van der Waals surface area contributed by atoms with Gasteiger partial charge in [-0.15, -0.1) is 11.3 Å². The van der Waals surface area contributed by atoms with Crippen LogP contribution in [-0.2, 0) is 0 Å². The Balaban J connectivity index is 1.22. The van der Waals surface area contributed by atoms with E-state index in [0.717, 1.165) is 66.5 Å². The first-order chi connectivity index (χ1) is 27.2. The maximum atomic E-state index is 6.93. The van der Waals surface area contributed by atoms with Crippen LogP contribution in [0.25, 0.3) is 87.0 Å². The van der Waals surface area contributed by atoms with Crippen molar-refractivity contribution in [2.75, 3.05) is 4.90 Å². The number of nitrogens with zero attached hydrogens (tertiary/aromatic N) is 4. The molecule has 0 bridgehead atoms. The molecule has 0 aliphatic carbocycles. The van der Waals surface area contributed by atoms with E-state index in [1.54, 1.807) is 0 Å². The molecule has 0 spiro atoms. The summed E-state index contributed by atoms with van der Waals surface area (Å²) in [6.07, 6.45) is 0. The minimum absolute atomic E-state index is 0.573. The highest BCUT2D eigenvalue weighted by atomic mass is 32.1. The minimum atomic E-state index is 0.573. The van der Waals surface area contributed by atoms with Crippen LogP contribution in [0, 0.1) is 0 Å². The van der Waals surface area contributed by atoms with Crippen molar-refractivity contribution < 1.29 is 4.42 Å². The Morgan fingerprint density at radius 3 is 1.76 bits per heavy atom. The van der Waals surface area contributed by atoms with Gasteiger partial charge >= 0.3 is 0 Å². The molecule has 0 radical (unpaired) electrons. The first-order valence-electron chi connectivity index (χ1n) is 18.3. The van der Waals surface area contributed by atoms with Crippen molar-refractivity contribution in [3.8, 4) is 34.2 Å². The van der Waals surface area contributed by atoms with E-state index in [4.69, 9.17) is 19.4 Å². The molecular formula is C49H30N4OS. The summed E-state index contributed by atoms with van der Waals surface area (Å²) >= 11 is 1.82. The van der Waals surface area contributed by atoms with Crippen molar-refractivity contribution in [2.45, 2.75) is 0 Å². The Morgan fingerprint density at radius 2 is 1.02 bits per heavy atom. The molecule has 0 fully saturated rings. The lowest BCUT2D eigenvalue weighted by Gasteiger charge is -2.26. The lowest BCUT2D eigenvalue weighted by atomic mass is 10.0. The monoisotopic (exact) mass is 722 g/mol. The molecular weight excluding hydrogens is 693 g/mol. The summed E-state index contributed by atoms with van der Waals surface area (Å²) in [6, 6.07) is 63.2. The van der Waals surface area contributed by atoms with Crippen LogP contribution in [0.2, 0.25) is 0 Å². The topological polar surface area (TPSA) is 55.1 Å². The second-order valence-corrected chi connectivity index (χ2v) is 14.7. The van der Waals surface area contributed by atoms with E-state index in [-0.39, 0.29) is 0 Å². The molecule has 0 saturated heterocycles. The molecule has 6 heteroatoms. The molecule has 0 aliphatic heterocycles. The zero-order valence-corrected chi connectivity index (χ0v) is 30.2. The van der Waals surface area contributed by atoms with Crippen molar-refractivity contribution >= 4 is 81.3 Å². The van der Waals surface area contributed by atoms with Crippen LogP contribution in [0.5, 0.6) is 0 Å². The van der Waals surface area contributed by atoms with Crippen molar-refractivity contribution in [1.29, 1.82) is 0 Å². The van der Waals surface area contributed by atoms with E-state index >= 15 is 0 Å². The summed E-state index contributed by atoms with van der Waals surface area (Å²) in [5.41, 5.74) is 7.30. The molecule has 0 atom stereocenters. The van der Waals surface area contributed by atoms with Gasteiger partial charge in [-0.2, -0.15) is 0 Å². The number of benzene rings is 8. The van der Waals surface area contributed by atoms with Gasteiger partial charge in [0.2, 0.25) is 0 Å². The standard InChI is InChI=1S/C49H30N4OS/c1-4-15-32(16-5-1)47-50-48(33-17-6-2-7-18-33)52-49(51-47)41-28-36(29-42-45(41)40-26-24-31-14-10-11-21-37(31)46(40)54-42)53(34-19-8-3-9-20-34)35-25-27-39-38-22-12-13-23-43(38)55-44(39)30-35/h1-30H. The van der Waals surface area contributed by atoms with Crippen molar-refractivity contribution in [1.82, 2.24) is 15.0 Å². The molecule has 258 valence electrons. The largest absolute Gasteiger partial charge is 0.455 e. The molecule has 0 N–H and O–H groups in total. The summed E-state index contributed by atoms with van der Waals surface area (Å²) < 4.78 is 9.44. The van der Waals surface area contributed by atoms with Crippen LogP contribution in [0.4, 0.5) is 17.1 Å². The van der Waals surface area contributed by atoms with Gasteiger partial charge in [0, 0.05) is 70.5 Å². The number of hydrogen-bond acceptors (Lipinski definition) is 6. The second kappa shape index (κ2) is 12.8. The van der Waals surface area contributed by atoms with Crippen LogP contribution < -0.4 is 4.90 Å². The van der Waals surface area contributed by atoms with Crippen molar-refractivity contribution in [3.05, 3.63) is 182 Å². The molecule has 0 aliphatic rings. The van der Waals surface area contributed by atoms with Crippen LogP contribution in [-0.4, -0.2) is 15.0 Å². The number of fused-ring (bicyclic) bond motifs is 8. The second-order valence-electron chi connectivity index (χ2n) is 13.6. The molecule has 3 heterocycles. The van der Waals surface area contributed by atoms with E-state index in [9.17, 15) is 0 Å². The number of anilines is 3. The Morgan fingerprint density at radius 1 is 0.418 bits per heavy atom. The van der Waals surface area contributed by atoms with Crippen molar-refractivity contribution in [2.24, 2.45) is 0 Å². The summed E-state index contributed by atoms with van der Waals surface area (Å²) in [7, 11) is 0.